The van der Waals surface area contributed by atoms with Crippen molar-refractivity contribution in [2.75, 3.05) is 6.54 Å². The molecule has 1 atom stereocenters. The molecular weight excluding hydrogens is 242 g/mol. The third-order valence-corrected chi connectivity index (χ3v) is 4.26. The maximum atomic E-state index is 12.3. The van der Waals surface area contributed by atoms with E-state index in [-0.39, 0.29) is 11.8 Å². The fraction of sp³-hybridized carbons (Fsp3) is 0.467. The zero-order chi connectivity index (χ0) is 13.4. The molecule has 4 heteroatoms. The lowest BCUT2D eigenvalue weighted by molar-refractivity contribution is -0.143. The summed E-state index contributed by atoms with van der Waals surface area (Å²) >= 11 is 0. The lowest BCUT2D eigenvalue weighted by atomic mass is 9.82. The van der Waals surface area contributed by atoms with Crippen molar-refractivity contribution >= 4 is 11.9 Å². The van der Waals surface area contributed by atoms with Gasteiger partial charge in [-0.25, -0.2) is 0 Å². The minimum Gasteiger partial charge on any atom is -0.481 e. The molecule has 1 aliphatic heterocycles. The molecular formula is C15H17NO3. The van der Waals surface area contributed by atoms with E-state index in [9.17, 15) is 14.7 Å². The first kappa shape index (κ1) is 12.2. The summed E-state index contributed by atoms with van der Waals surface area (Å²) in [6, 6.07) is 7.54. The second-order valence-electron chi connectivity index (χ2n) is 5.44. The van der Waals surface area contributed by atoms with E-state index in [2.05, 4.69) is 0 Å². The van der Waals surface area contributed by atoms with Crippen molar-refractivity contribution in [3.8, 4) is 0 Å². The third kappa shape index (κ3) is 2.11. The van der Waals surface area contributed by atoms with Crippen LogP contribution in [0.2, 0.25) is 0 Å². The number of carbonyl (C=O) groups is 2. The summed E-state index contributed by atoms with van der Waals surface area (Å²) < 4.78 is 0. The van der Waals surface area contributed by atoms with Gasteiger partial charge < -0.3 is 10.0 Å². The van der Waals surface area contributed by atoms with Gasteiger partial charge in [-0.05, 0) is 24.0 Å². The molecule has 1 aromatic rings. The van der Waals surface area contributed by atoms with Crippen molar-refractivity contribution in [1.29, 1.82) is 0 Å². The maximum absolute atomic E-state index is 12.3. The Morgan fingerprint density at radius 2 is 1.95 bits per heavy atom. The van der Waals surface area contributed by atoms with Gasteiger partial charge in [0.25, 0.3) is 0 Å². The molecule has 0 saturated heterocycles. The first-order chi connectivity index (χ1) is 9.16. The third-order valence-electron chi connectivity index (χ3n) is 4.26. The molecule has 100 valence electrons. The van der Waals surface area contributed by atoms with Crippen LogP contribution in [0.4, 0.5) is 0 Å². The Labute approximate surface area is 112 Å². The van der Waals surface area contributed by atoms with E-state index in [4.69, 9.17) is 0 Å². The predicted molar refractivity (Wildman–Crippen MR) is 69.6 cm³/mol. The first-order valence-electron chi connectivity index (χ1n) is 6.76. The molecule has 3 rings (SSSR count). The number of hydrogen-bond donors (Lipinski definition) is 1. The van der Waals surface area contributed by atoms with Crippen molar-refractivity contribution in [3.05, 3.63) is 35.4 Å². The van der Waals surface area contributed by atoms with Crippen molar-refractivity contribution in [3.63, 3.8) is 0 Å². The van der Waals surface area contributed by atoms with Gasteiger partial charge in [-0.1, -0.05) is 30.7 Å². The van der Waals surface area contributed by atoms with E-state index < -0.39 is 11.9 Å². The highest BCUT2D eigenvalue weighted by Crippen LogP contribution is 2.33. The quantitative estimate of drug-likeness (QED) is 0.883. The number of carbonyl (C=O) groups excluding carboxylic acids is 1. The lowest BCUT2D eigenvalue weighted by Crippen LogP contribution is -2.44. The summed E-state index contributed by atoms with van der Waals surface area (Å²) in [4.78, 5) is 25.4. The van der Waals surface area contributed by atoms with E-state index in [1.54, 1.807) is 4.90 Å². The summed E-state index contributed by atoms with van der Waals surface area (Å²) in [6.07, 6.45) is 3.02. The molecule has 1 N–H and O–H groups in total. The standard InChI is InChI=1S/C15H17NO3/c17-14(10-5-3-6-10)16-8-11-4-1-2-7-12(11)13(9-16)15(18)19/h1-2,4,7,10,13H,3,5-6,8-9H2,(H,18,19). The molecule has 1 saturated carbocycles. The monoisotopic (exact) mass is 259 g/mol. The molecule has 2 aliphatic rings. The van der Waals surface area contributed by atoms with Gasteiger partial charge in [0, 0.05) is 19.0 Å². The zero-order valence-corrected chi connectivity index (χ0v) is 10.7. The van der Waals surface area contributed by atoms with Gasteiger partial charge in [0.05, 0.1) is 5.92 Å². The van der Waals surface area contributed by atoms with Gasteiger partial charge in [-0.3, -0.25) is 9.59 Å². The number of fused-ring (bicyclic) bond motifs is 1. The molecule has 1 unspecified atom stereocenters. The second kappa shape index (κ2) is 4.68. The lowest BCUT2D eigenvalue weighted by Gasteiger charge is -2.37. The normalized spacial score (nSPS) is 22.5. The number of rotatable bonds is 2. The van der Waals surface area contributed by atoms with E-state index in [0.29, 0.717) is 13.1 Å². The minimum absolute atomic E-state index is 0.125. The van der Waals surface area contributed by atoms with Crippen LogP contribution in [0.1, 0.15) is 36.3 Å². The van der Waals surface area contributed by atoms with Crippen LogP contribution >= 0.6 is 0 Å². The highest BCUT2D eigenvalue weighted by atomic mass is 16.4. The van der Waals surface area contributed by atoms with Gasteiger partial charge >= 0.3 is 5.97 Å². The van der Waals surface area contributed by atoms with Crippen molar-refractivity contribution < 1.29 is 14.7 Å². The Bertz CT molecular complexity index is 522. The van der Waals surface area contributed by atoms with Crippen LogP contribution < -0.4 is 0 Å². The molecule has 1 amide bonds. The van der Waals surface area contributed by atoms with E-state index in [1.165, 1.54) is 0 Å². The fourth-order valence-corrected chi connectivity index (χ4v) is 2.90. The number of amides is 1. The molecule has 1 heterocycles. The number of aliphatic carboxylic acids is 1. The fourth-order valence-electron chi connectivity index (χ4n) is 2.90. The number of hydrogen-bond acceptors (Lipinski definition) is 2. The van der Waals surface area contributed by atoms with Crippen LogP contribution in [-0.2, 0) is 16.1 Å². The van der Waals surface area contributed by atoms with Gasteiger partial charge in [0.1, 0.15) is 0 Å². The van der Waals surface area contributed by atoms with Crippen LogP contribution in [0.15, 0.2) is 24.3 Å². The Balaban J connectivity index is 1.87. The second-order valence-corrected chi connectivity index (χ2v) is 5.44. The summed E-state index contributed by atoms with van der Waals surface area (Å²) in [5.41, 5.74) is 1.82. The molecule has 0 aromatic heterocycles. The largest absolute Gasteiger partial charge is 0.481 e. The topological polar surface area (TPSA) is 57.6 Å². The Morgan fingerprint density at radius 3 is 2.58 bits per heavy atom. The maximum Gasteiger partial charge on any atom is 0.312 e. The Hall–Kier alpha value is -1.84. The SMILES string of the molecule is O=C(O)C1CN(C(=O)C2CCC2)Cc2ccccc21. The molecule has 0 spiro atoms. The van der Waals surface area contributed by atoms with E-state index >= 15 is 0 Å². The average Bonchev–Trinajstić information content (AvgIpc) is 2.35. The minimum atomic E-state index is -0.849. The van der Waals surface area contributed by atoms with Crippen LogP contribution in [0.25, 0.3) is 0 Å². The van der Waals surface area contributed by atoms with Crippen molar-refractivity contribution in [2.24, 2.45) is 5.92 Å². The van der Waals surface area contributed by atoms with Crippen LogP contribution in [0.3, 0.4) is 0 Å². The molecule has 0 bridgehead atoms. The van der Waals surface area contributed by atoms with E-state index in [1.807, 2.05) is 24.3 Å². The summed E-state index contributed by atoms with van der Waals surface area (Å²) in [5, 5.41) is 9.36. The molecule has 0 radical (unpaired) electrons. The smallest absolute Gasteiger partial charge is 0.312 e. The summed E-state index contributed by atoms with van der Waals surface area (Å²) in [6.45, 7) is 0.858. The highest BCUT2D eigenvalue weighted by molar-refractivity contribution is 5.83. The van der Waals surface area contributed by atoms with Gasteiger partial charge in [-0.15, -0.1) is 0 Å². The zero-order valence-electron chi connectivity index (χ0n) is 10.7. The average molecular weight is 259 g/mol. The van der Waals surface area contributed by atoms with Crippen LogP contribution in [0, 0.1) is 5.92 Å². The van der Waals surface area contributed by atoms with E-state index in [0.717, 1.165) is 30.4 Å². The van der Waals surface area contributed by atoms with Crippen LogP contribution in [0.5, 0.6) is 0 Å². The molecule has 1 fully saturated rings. The first-order valence-corrected chi connectivity index (χ1v) is 6.76. The van der Waals surface area contributed by atoms with Crippen molar-refractivity contribution in [2.45, 2.75) is 31.7 Å². The number of benzene rings is 1. The van der Waals surface area contributed by atoms with Crippen LogP contribution in [-0.4, -0.2) is 28.4 Å². The molecule has 1 aromatic carbocycles. The number of carboxylic acid groups (broad SMARTS) is 1. The highest BCUT2D eigenvalue weighted by Gasteiger charge is 2.36. The Kier molecular flexibility index (Phi) is 3.01. The van der Waals surface area contributed by atoms with Gasteiger partial charge in [-0.2, -0.15) is 0 Å². The van der Waals surface area contributed by atoms with Gasteiger partial charge in [0.2, 0.25) is 5.91 Å². The number of nitrogens with zero attached hydrogens (tertiary/aromatic N) is 1. The van der Waals surface area contributed by atoms with Crippen molar-refractivity contribution in [1.82, 2.24) is 4.90 Å². The van der Waals surface area contributed by atoms with Gasteiger partial charge in [0.15, 0.2) is 0 Å². The Morgan fingerprint density at radius 1 is 1.21 bits per heavy atom. The summed E-state index contributed by atoms with van der Waals surface area (Å²) in [5.74, 6) is -1.18. The summed E-state index contributed by atoms with van der Waals surface area (Å²) in [7, 11) is 0. The number of carboxylic acids is 1. The molecule has 1 aliphatic carbocycles. The molecule has 4 nitrogen and oxygen atoms in total. The predicted octanol–water partition coefficient (Wildman–Crippen LogP) is 2.00. The molecule has 19 heavy (non-hydrogen) atoms.